The summed E-state index contributed by atoms with van der Waals surface area (Å²) in [6.45, 7) is 2.73. The first-order valence-corrected chi connectivity index (χ1v) is 11.3. The number of hydrogen-bond acceptors (Lipinski definition) is 5. The van der Waals surface area contributed by atoms with Gasteiger partial charge in [-0.25, -0.2) is 4.39 Å². The average Bonchev–Trinajstić information content (AvgIpc) is 2.86. The SMILES string of the molecule is CC(C(=O)O)c1ccc(CCN[C@H](c2ccccc2)[C@H]2CNc3cccc(C#N)c3N2)c(F)c1. The van der Waals surface area contributed by atoms with Gasteiger partial charge < -0.3 is 21.1 Å². The number of rotatable bonds is 8. The third kappa shape index (κ3) is 5.03. The van der Waals surface area contributed by atoms with Gasteiger partial charge in [0, 0.05) is 6.54 Å². The standard InChI is InChI=1S/C27H27FN4O2/c1-17(27(33)34)20-11-10-18(22(28)14-20)12-13-30-25(19-6-3-2-4-7-19)24-16-31-23-9-5-8-21(15-29)26(23)32-24/h2-11,14,17,24-25,30-32H,12-13,16H2,1H3,(H,33,34)/t17?,24-,25-/m1/s1. The molecule has 3 aromatic rings. The van der Waals surface area contributed by atoms with E-state index in [1.165, 1.54) is 6.07 Å². The number of carbonyl (C=O) groups is 1. The molecule has 0 spiro atoms. The Morgan fingerprint density at radius 3 is 2.68 bits per heavy atom. The fourth-order valence-electron chi connectivity index (χ4n) is 4.30. The number of hydrogen-bond donors (Lipinski definition) is 4. The minimum atomic E-state index is -0.978. The Morgan fingerprint density at radius 1 is 1.18 bits per heavy atom. The molecule has 4 rings (SSSR count). The van der Waals surface area contributed by atoms with Gasteiger partial charge in [-0.3, -0.25) is 4.79 Å². The second-order valence-electron chi connectivity index (χ2n) is 8.47. The number of fused-ring (bicyclic) bond motifs is 1. The molecule has 34 heavy (non-hydrogen) atoms. The molecule has 0 saturated heterocycles. The maximum absolute atomic E-state index is 14.7. The lowest BCUT2D eigenvalue weighted by Gasteiger charge is -2.35. The number of benzene rings is 3. The van der Waals surface area contributed by atoms with E-state index in [0.717, 1.165) is 16.9 Å². The summed E-state index contributed by atoms with van der Waals surface area (Å²) >= 11 is 0. The van der Waals surface area contributed by atoms with Crippen molar-refractivity contribution in [1.82, 2.24) is 5.32 Å². The number of nitriles is 1. The minimum absolute atomic E-state index is 0.0342. The number of aliphatic carboxylic acids is 1. The van der Waals surface area contributed by atoms with Crippen LogP contribution in [0.1, 0.15) is 41.1 Å². The lowest BCUT2D eigenvalue weighted by Crippen LogP contribution is -2.44. The molecule has 0 aromatic heterocycles. The molecule has 174 valence electrons. The van der Waals surface area contributed by atoms with Crippen molar-refractivity contribution in [2.75, 3.05) is 23.7 Å². The van der Waals surface area contributed by atoms with Crippen LogP contribution in [0.2, 0.25) is 0 Å². The molecule has 3 atom stereocenters. The van der Waals surface area contributed by atoms with Gasteiger partial charge in [-0.2, -0.15) is 5.26 Å². The van der Waals surface area contributed by atoms with Crippen molar-refractivity contribution in [3.8, 4) is 6.07 Å². The largest absolute Gasteiger partial charge is 0.481 e. The molecule has 1 aliphatic rings. The van der Waals surface area contributed by atoms with Gasteiger partial charge in [0.1, 0.15) is 11.9 Å². The molecule has 0 fully saturated rings. The molecule has 3 aromatic carbocycles. The van der Waals surface area contributed by atoms with Crippen molar-refractivity contribution in [1.29, 1.82) is 5.26 Å². The summed E-state index contributed by atoms with van der Waals surface area (Å²) in [6, 6.07) is 22.4. The Balaban J connectivity index is 1.49. The predicted molar refractivity (Wildman–Crippen MR) is 130 cm³/mol. The van der Waals surface area contributed by atoms with Gasteiger partial charge in [0.05, 0.1) is 34.9 Å². The zero-order valence-electron chi connectivity index (χ0n) is 18.9. The van der Waals surface area contributed by atoms with Crippen LogP contribution in [0.5, 0.6) is 0 Å². The number of nitrogens with one attached hydrogen (secondary N) is 3. The normalized spacial score (nSPS) is 16.3. The topological polar surface area (TPSA) is 97.2 Å². The van der Waals surface area contributed by atoms with Crippen LogP contribution in [0.4, 0.5) is 15.8 Å². The van der Waals surface area contributed by atoms with Crippen LogP contribution in [0.15, 0.2) is 66.7 Å². The fourth-order valence-corrected chi connectivity index (χ4v) is 4.30. The quantitative estimate of drug-likeness (QED) is 0.392. The van der Waals surface area contributed by atoms with Gasteiger partial charge in [-0.1, -0.05) is 48.5 Å². The number of carboxylic acid groups (broad SMARTS) is 1. The fraction of sp³-hybridized carbons (Fsp3) is 0.259. The second kappa shape index (κ2) is 10.4. The van der Waals surface area contributed by atoms with Crippen molar-refractivity contribution in [2.24, 2.45) is 0 Å². The smallest absolute Gasteiger partial charge is 0.310 e. The maximum atomic E-state index is 14.7. The lowest BCUT2D eigenvalue weighted by molar-refractivity contribution is -0.138. The van der Waals surface area contributed by atoms with Crippen LogP contribution in [-0.4, -0.2) is 30.2 Å². The van der Waals surface area contributed by atoms with Crippen molar-refractivity contribution < 1.29 is 14.3 Å². The number of halogens is 1. The molecule has 1 aliphatic heterocycles. The van der Waals surface area contributed by atoms with Gasteiger partial charge in [0.15, 0.2) is 0 Å². The van der Waals surface area contributed by atoms with E-state index in [4.69, 9.17) is 5.11 Å². The minimum Gasteiger partial charge on any atom is -0.481 e. The van der Waals surface area contributed by atoms with Crippen LogP contribution in [0.3, 0.4) is 0 Å². The zero-order chi connectivity index (χ0) is 24.1. The average molecular weight is 459 g/mol. The molecule has 6 nitrogen and oxygen atoms in total. The lowest BCUT2D eigenvalue weighted by atomic mass is 9.95. The Bertz CT molecular complexity index is 1210. The summed E-state index contributed by atoms with van der Waals surface area (Å²) in [7, 11) is 0. The highest BCUT2D eigenvalue weighted by atomic mass is 19.1. The monoisotopic (exact) mass is 458 g/mol. The summed E-state index contributed by atoms with van der Waals surface area (Å²) in [5, 5.41) is 29.2. The van der Waals surface area contributed by atoms with E-state index in [2.05, 4.69) is 22.0 Å². The van der Waals surface area contributed by atoms with Gasteiger partial charge >= 0.3 is 5.97 Å². The van der Waals surface area contributed by atoms with Crippen LogP contribution in [0, 0.1) is 17.1 Å². The molecular weight excluding hydrogens is 431 g/mol. The number of para-hydroxylation sites is 1. The summed E-state index contributed by atoms with van der Waals surface area (Å²) < 4.78 is 14.7. The first kappa shape index (κ1) is 23.3. The van der Waals surface area contributed by atoms with Crippen LogP contribution in [-0.2, 0) is 11.2 Å². The van der Waals surface area contributed by atoms with Crippen LogP contribution >= 0.6 is 0 Å². The molecule has 0 amide bonds. The molecule has 0 aliphatic carbocycles. The van der Waals surface area contributed by atoms with Crippen molar-refractivity contribution >= 4 is 17.3 Å². The van der Waals surface area contributed by atoms with Crippen LogP contribution in [0.25, 0.3) is 0 Å². The molecule has 0 bridgehead atoms. The summed E-state index contributed by atoms with van der Waals surface area (Å²) in [5.74, 6) is -2.13. The maximum Gasteiger partial charge on any atom is 0.310 e. The summed E-state index contributed by atoms with van der Waals surface area (Å²) in [4.78, 5) is 11.2. The van der Waals surface area contributed by atoms with Crippen molar-refractivity contribution in [3.05, 3.63) is 94.8 Å². The Morgan fingerprint density at radius 2 is 1.97 bits per heavy atom. The Kier molecular flexibility index (Phi) is 7.09. The van der Waals surface area contributed by atoms with E-state index in [0.29, 0.717) is 36.2 Å². The Hall–Kier alpha value is -3.89. The van der Waals surface area contributed by atoms with E-state index >= 15 is 0 Å². The highest BCUT2D eigenvalue weighted by molar-refractivity contribution is 5.77. The highest BCUT2D eigenvalue weighted by Crippen LogP contribution is 2.33. The summed E-state index contributed by atoms with van der Waals surface area (Å²) in [6.07, 6.45) is 0.455. The first-order chi connectivity index (χ1) is 16.5. The first-order valence-electron chi connectivity index (χ1n) is 11.3. The molecule has 1 heterocycles. The number of carboxylic acids is 1. The van der Waals surface area contributed by atoms with Gasteiger partial charge in [-0.15, -0.1) is 0 Å². The number of anilines is 2. The van der Waals surface area contributed by atoms with E-state index in [9.17, 15) is 14.4 Å². The van der Waals surface area contributed by atoms with E-state index in [-0.39, 0.29) is 12.1 Å². The van der Waals surface area contributed by atoms with E-state index in [1.807, 2.05) is 42.5 Å². The second-order valence-corrected chi connectivity index (χ2v) is 8.47. The Labute approximate surface area is 198 Å². The molecule has 0 radical (unpaired) electrons. The molecule has 7 heteroatoms. The van der Waals surface area contributed by atoms with E-state index in [1.54, 1.807) is 25.1 Å². The molecule has 1 unspecified atom stereocenters. The third-order valence-corrected chi connectivity index (χ3v) is 6.29. The number of nitrogens with zero attached hydrogens (tertiary/aromatic N) is 1. The molecular formula is C27H27FN4O2. The van der Waals surface area contributed by atoms with Gasteiger partial charge in [-0.05, 0) is 54.8 Å². The van der Waals surface area contributed by atoms with Crippen LogP contribution < -0.4 is 16.0 Å². The predicted octanol–water partition coefficient (Wildman–Crippen LogP) is 4.67. The summed E-state index contributed by atoms with van der Waals surface area (Å²) in [5.41, 5.74) is 4.35. The van der Waals surface area contributed by atoms with Crippen molar-refractivity contribution in [2.45, 2.75) is 31.3 Å². The zero-order valence-corrected chi connectivity index (χ0v) is 18.9. The highest BCUT2D eigenvalue weighted by Gasteiger charge is 2.28. The van der Waals surface area contributed by atoms with Gasteiger partial charge in [0.25, 0.3) is 0 Å². The van der Waals surface area contributed by atoms with E-state index < -0.39 is 17.7 Å². The molecule has 0 saturated carbocycles. The van der Waals surface area contributed by atoms with Crippen molar-refractivity contribution in [3.63, 3.8) is 0 Å². The molecule has 4 N–H and O–H groups in total. The third-order valence-electron chi connectivity index (χ3n) is 6.29. The van der Waals surface area contributed by atoms with Gasteiger partial charge in [0.2, 0.25) is 0 Å².